The van der Waals surface area contributed by atoms with Crippen LogP contribution in [-0.2, 0) is 14.3 Å². The average Bonchev–Trinajstić information content (AvgIpc) is 2.16. The van der Waals surface area contributed by atoms with Gasteiger partial charge in [-0.25, -0.2) is 0 Å². The maximum Gasteiger partial charge on any atom is 0.323 e. The lowest BCUT2D eigenvalue weighted by molar-refractivity contribution is -0.147. The summed E-state index contributed by atoms with van der Waals surface area (Å²) in [5.74, 6) is -0.0189. The third-order valence-corrected chi connectivity index (χ3v) is 1.67. The summed E-state index contributed by atoms with van der Waals surface area (Å²) >= 11 is 0. The summed E-state index contributed by atoms with van der Waals surface area (Å²) < 4.78 is 10.1. The van der Waals surface area contributed by atoms with Crippen LogP contribution in [0.15, 0.2) is 0 Å². The van der Waals surface area contributed by atoms with Crippen molar-refractivity contribution in [3.63, 3.8) is 0 Å². The maximum absolute atomic E-state index is 11.1. The Bertz CT molecular complexity index is 173. The van der Waals surface area contributed by atoms with Gasteiger partial charge in [0.1, 0.15) is 12.6 Å². The van der Waals surface area contributed by atoms with Crippen molar-refractivity contribution in [3.05, 3.63) is 0 Å². The van der Waals surface area contributed by atoms with Crippen molar-refractivity contribution in [2.45, 2.75) is 26.3 Å². The van der Waals surface area contributed by atoms with E-state index in [0.717, 1.165) is 0 Å². The molecule has 5 nitrogen and oxygen atoms in total. The molecule has 0 bridgehead atoms. The number of ether oxygens (including phenoxy) is 2. The van der Waals surface area contributed by atoms with Crippen molar-refractivity contribution < 1.29 is 19.4 Å². The summed E-state index contributed by atoms with van der Waals surface area (Å²) in [5, 5.41) is 8.54. The van der Waals surface area contributed by atoms with E-state index >= 15 is 0 Å². The van der Waals surface area contributed by atoms with Gasteiger partial charge in [-0.15, -0.1) is 0 Å². The Morgan fingerprint density at radius 3 is 2.60 bits per heavy atom. The van der Waals surface area contributed by atoms with Gasteiger partial charge in [0.25, 0.3) is 0 Å². The Morgan fingerprint density at radius 2 is 2.07 bits per heavy atom. The standard InChI is InChI=1S/C10H21NO4/c1-8(2)7-14-5-6-15-10(13)9(11)3-4-12/h8-9,12H,3-7,11H2,1-2H3/t9-/m0/s1. The first-order valence-electron chi connectivity index (χ1n) is 5.18. The smallest absolute Gasteiger partial charge is 0.323 e. The lowest BCUT2D eigenvalue weighted by atomic mass is 10.2. The van der Waals surface area contributed by atoms with Gasteiger partial charge in [0.2, 0.25) is 0 Å². The molecule has 3 N–H and O–H groups in total. The third-order valence-electron chi connectivity index (χ3n) is 1.67. The fourth-order valence-corrected chi connectivity index (χ4v) is 0.884. The van der Waals surface area contributed by atoms with Gasteiger partial charge < -0.3 is 20.3 Å². The Kier molecular flexibility index (Phi) is 8.27. The number of esters is 1. The van der Waals surface area contributed by atoms with E-state index in [0.29, 0.717) is 19.1 Å². The van der Waals surface area contributed by atoms with Crippen molar-refractivity contribution in [1.82, 2.24) is 0 Å². The molecule has 0 unspecified atom stereocenters. The Morgan fingerprint density at radius 1 is 1.40 bits per heavy atom. The fourth-order valence-electron chi connectivity index (χ4n) is 0.884. The summed E-state index contributed by atoms with van der Waals surface area (Å²) in [5.41, 5.74) is 5.42. The van der Waals surface area contributed by atoms with Crippen LogP contribution >= 0.6 is 0 Å². The fraction of sp³-hybridized carbons (Fsp3) is 0.900. The van der Waals surface area contributed by atoms with Crippen LogP contribution < -0.4 is 5.73 Å². The highest BCUT2D eigenvalue weighted by Crippen LogP contribution is 1.94. The van der Waals surface area contributed by atoms with Gasteiger partial charge in [0.15, 0.2) is 0 Å². The van der Waals surface area contributed by atoms with E-state index in [1.807, 2.05) is 13.8 Å². The van der Waals surface area contributed by atoms with Crippen LogP contribution in [0.5, 0.6) is 0 Å². The summed E-state index contributed by atoms with van der Waals surface area (Å²) in [7, 11) is 0. The number of hydrogen-bond acceptors (Lipinski definition) is 5. The van der Waals surface area contributed by atoms with Gasteiger partial charge in [0.05, 0.1) is 6.61 Å². The molecule has 0 fully saturated rings. The van der Waals surface area contributed by atoms with E-state index < -0.39 is 12.0 Å². The molecular weight excluding hydrogens is 198 g/mol. The summed E-state index contributed by atoms with van der Waals surface area (Å²) in [4.78, 5) is 11.1. The zero-order valence-corrected chi connectivity index (χ0v) is 9.44. The van der Waals surface area contributed by atoms with Crippen LogP contribution in [0.2, 0.25) is 0 Å². The van der Waals surface area contributed by atoms with E-state index in [9.17, 15) is 4.79 Å². The largest absolute Gasteiger partial charge is 0.462 e. The van der Waals surface area contributed by atoms with Crippen molar-refractivity contribution in [2.24, 2.45) is 11.7 Å². The molecule has 0 heterocycles. The molecule has 0 aromatic rings. The molecule has 0 saturated carbocycles. The highest BCUT2D eigenvalue weighted by atomic mass is 16.6. The Hall–Kier alpha value is -0.650. The zero-order valence-electron chi connectivity index (χ0n) is 9.44. The van der Waals surface area contributed by atoms with E-state index in [2.05, 4.69) is 0 Å². The number of rotatable bonds is 8. The predicted octanol–water partition coefficient (Wildman–Crippen LogP) is -0.0881. The minimum atomic E-state index is -0.736. The van der Waals surface area contributed by atoms with E-state index in [-0.39, 0.29) is 19.6 Å². The van der Waals surface area contributed by atoms with Crippen LogP contribution in [0.1, 0.15) is 20.3 Å². The van der Waals surface area contributed by atoms with E-state index in [4.69, 9.17) is 20.3 Å². The molecule has 0 rings (SSSR count). The second kappa shape index (κ2) is 8.64. The second-order valence-corrected chi connectivity index (χ2v) is 3.76. The number of hydrogen-bond donors (Lipinski definition) is 2. The van der Waals surface area contributed by atoms with Gasteiger partial charge in [-0.05, 0) is 12.3 Å². The number of aliphatic hydroxyl groups is 1. The number of aliphatic hydroxyl groups excluding tert-OH is 1. The van der Waals surface area contributed by atoms with Gasteiger partial charge in [-0.1, -0.05) is 13.8 Å². The average molecular weight is 219 g/mol. The quantitative estimate of drug-likeness (QED) is 0.440. The first kappa shape index (κ1) is 14.3. The van der Waals surface area contributed by atoms with Crippen LogP contribution in [0, 0.1) is 5.92 Å². The normalized spacial score (nSPS) is 12.9. The van der Waals surface area contributed by atoms with Crippen LogP contribution in [0.25, 0.3) is 0 Å². The topological polar surface area (TPSA) is 81.8 Å². The molecule has 1 atom stereocenters. The zero-order chi connectivity index (χ0) is 11.7. The molecule has 5 heteroatoms. The molecule has 0 aliphatic carbocycles. The lowest BCUT2D eigenvalue weighted by Crippen LogP contribution is -2.33. The highest BCUT2D eigenvalue weighted by Gasteiger charge is 2.13. The molecule has 0 aliphatic heterocycles. The highest BCUT2D eigenvalue weighted by molar-refractivity contribution is 5.75. The lowest BCUT2D eigenvalue weighted by Gasteiger charge is -2.11. The minimum Gasteiger partial charge on any atom is -0.462 e. The Labute approximate surface area is 90.5 Å². The van der Waals surface area contributed by atoms with Crippen molar-refractivity contribution in [2.75, 3.05) is 26.4 Å². The Balaban J connectivity index is 3.38. The van der Waals surface area contributed by atoms with Gasteiger partial charge in [-0.2, -0.15) is 0 Å². The van der Waals surface area contributed by atoms with E-state index in [1.165, 1.54) is 0 Å². The number of carbonyl (C=O) groups is 1. The molecule has 90 valence electrons. The molecule has 0 aliphatic rings. The SMILES string of the molecule is CC(C)COCCOC(=O)[C@@H](N)CCO. The molecule has 0 amide bonds. The molecule has 0 aromatic heterocycles. The molecule has 0 spiro atoms. The molecule has 0 aromatic carbocycles. The first-order valence-corrected chi connectivity index (χ1v) is 5.18. The van der Waals surface area contributed by atoms with Crippen LogP contribution in [0.3, 0.4) is 0 Å². The van der Waals surface area contributed by atoms with Gasteiger partial charge in [0, 0.05) is 13.2 Å². The minimum absolute atomic E-state index is 0.111. The maximum atomic E-state index is 11.1. The number of carbonyl (C=O) groups excluding carboxylic acids is 1. The number of nitrogens with two attached hydrogens (primary N) is 1. The predicted molar refractivity (Wildman–Crippen MR) is 56.3 cm³/mol. The molecule has 0 saturated heterocycles. The van der Waals surface area contributed by atoms with Gasteiger partial charge >= 0.3 is 5.97 Å². The van der Waals surface area contributed by atoms with Crippen molar-refractivity contribution >= 4 is 5.97 Å². The third kappa shape index (κ3) is 8.35. The van der Waals surface area contributed by atoms with Gasteiger partial charge in [-0.3, -0.25) is 4.79 Å². The molecular formula is C10H21NO4. The van der Waals surface area contributed by atoms with Crippen LogP contribution in [-0.4, -0.2) is 43.5 Å². The van der Waals surface area contributed by atoms with E-state index in [1.54, 1.807) is 0 Å². The van der Waals surface area contributed by atoms with Crippen molar-refractivity contribution in [1.29, 1.82) is 0 Å². The van der Waals surface area contributed by atoms with Crippen molar-refractivity contribution in [3.8, 4) is 0 Å². The second-order valence-electron chi connectivity index (χ2n) is 3.76. The summed E-state index contributed by atoms with van der Waals surface area (Å²) in [6.07, 6.45) is 0.228. The molecule has 15 heavy (non-hydrogen) atoms. The van der Waals surface area contributed by atoms with Crippen LogP contribution in [0.4, 0.5) is 0 Å². The molecule has 0 radical (unpaired) electrons. The summed E-state index contributed by atoms with van der Waals surface area (Å²) in [6.45, 7) is 5.23. The monoisotopic (exact) mass is 219 g/mol. The first-order chi connectivity index (χ1) is 7.07. The summed E-state index contributed by atoms with van der Waals surface area (Å²) in [6, 6.07) is -0.736.